The molecule has 0 aliphatic carbocycles. The van der Waals surface area contributed by atoms with Crippen molar-refractivity contribution in [1.29, 1.82) is 0 Å². The molecule has 0 spiro atoms. The number of benzene rings is 2. The van der Waals surface area contributed by atoms with Crippen LogP contribution in [0.4, 0.5) is 5.13 Å². The Balaban J connectivity index is 1.82. The minimum Gasteiger partial charge on any atom is -0.497 e. The fraction of sp³-hybridized carbons (Fsp3) is 0.174. The number of thiazole rings is 1. The van der Waals surface area contributed by atoms with Gasteiger partial charge in [0.2, 0.25) is 5.13 Å². The van der Waals surface area contributed by atoms with Crippen molar-refractivity contribution in [2.45, 2.75) is 13.3 Å². The van der Waals surface area contributed by atoms with Crippen LogP contribution in [0, 0.1) is 0 Å². The molecule has 152 valence electrons. The highest BCUT2D eigenvalue weighted by atomic mass is 32.1. The Morgan fingerprint density at radius 2 is 2.00 bits per heavy atom. The topological polar surface area (TPSA) is 73.9 Å². The maximum absolute atomic E-state index is 11.7. The molecular weight excluding hydrogens is 400 g/mol. The summed E-state index contributed by atoms with van der Waals surface area (Å²) in [4.78, 5) is 20.9. The Morgan fingerprint density at radius 3 is 2.77 bits per heavy atom. The lowest BCUT2D eigenvalue weighted by Crippen LogP contribution is -2.07. The summed E-state index contributed by atoms with van der Waals surface area (Å²) in [5.41, 5.74) is 2.29. The van der Waals surface area contributed by atoms with Crippen LogP contribution in [-0.4, -0.2) is 24.7 Å². The second kappa shape index (κ2) is 8.92. The zero-order valence-electron chi connectivity index (χ0n) is 16.6. The molecule has 4 rings (SSSR count). The monoisotopic (exact) mass is 420 g/mol. The molecule has 2 aromatic carbocycles. The van der Waals surface area contributed by atoms with Crippen molar-refractivity contribution >= 4 is 33.4 Å². The maximum Gasteiger partial charge on any atom is 0.311 e. The number of carbonyl (C=O) groups excluding carboxylic acids is 1. The zero-order chi connectivity index (χ0) is 20.9. The fourth-order valence-electron chi connectivity index (χ4n) is 3.00. The third-order valence-corrected chi connectivity index (χ3v) is 5.18. The first-order valence-corrected chi connectivity index (χ1v) is 10.4. The van der Waals surface area contributed by atoms with Crippen LogP contribution in [0.15, 0.2) is 69.4 Å². The largest absolute Gasteiger partial charge is 0.497 e. The van der Waals surface area contributed by atoms with Crippen molar-refractivity contribution in [3.05, 3.63) is 71.0 Å². The molecule has 0 N–H and O–H groups in total. The van der Waals surface area contributed by atoms with Gasteiger partial charge in [0.1, 0.15) is 17.1 Å². The van der Waals surface area contributed by atoms with Gasteiger partial charge in [-0.2, -0.15) is 0 Å². The highest BCUT2D eigenvalue weighted by Gasteiger charge is 2.10. The van der Waals surface area contributed by atoms with Crippen LogP contribution in [0.1, 0.15) is 12.6 Å². The van der Waals surface area contributed by atoms with Crippen molar-refractivity contribution in [3.8, 4) is 17.1 Å². The summed E-state index contributed by atoms with van der Waals surface area (Å²) >= 11 is 1.38. The summed E-state index contributed by atoms with van der Waals surface area (Å²) in [5, 5.41) is 3.91. The first-order valence-electron chi connectivity index (χ1n) is 9.48. The van der Waals surface area contributed by atoms with Gasteiger partial charge in [0.25, 0.3) is 0 Å². The quantitative estimate of drug-likeness (QED) is 0.415. The second-order valence-electron chi connectivity index (χ2n) is 6.44. The molecule has 2 aromatic heterocycles. The van der Waals surface area contributed by atoms with Crippen molar-refractivity contribution in [1.82, 2.24) is 4.98 Å². The Hall–Kier alpha value is -3.45. The summed E-state index contributed by atoms with van der Waals surface area (Å²) in [6.07, 6.45) is 0.133. The number of aromatic nitrogens is 1. The number of esters is 1. The van der Waals surface area contributed by atoms with E-state index in [9.17, 15) is 4.79 Å². The molecule has 7 heteroatoms. The standard InChI is InChI=1S/C23H20N2O4S/c1-3-28-22(26)11-16-14-30-23(24-16)25-19-13-21(15-7-5-4-6-8-15)29-20-10-9-17(27-2)12-18(19)20/h4-10,12-14H,3,11H2,1-2H3/b25-19+. The van der Waals surface area contributed by atoms with Gasteiger partial charge < -0.3 is 13.9 Å². The summed E-state index contributed by atoms with van der Waals surface area (Å²) in [6.45, 7) is 2.13. The molecule has 0 bridgehead atoms. The van der Waals surface area contributed by atoms with Crippen LogP contribution in [-0.2, 0) is 16.0 Å². The average Bonchev–Trinajstić information content (AvgIpc) is 3.20. The highest BCUT2D eigenvalue weighted by molar-refractivity contribution is 7.13. The Labute approximate surface area is 177 Å². The number of rotatable bonds is 6. The van der Waals surface area contributed by atoms with E-state index in [0.29, 0.717) is 39.9 Å². The first-order chi connectivity index (χ1) is 14.7. The fourth-order valence-corrected chi connectivity index (χ4v) is 3.70. The number of methoxy groups -OCH3 is 1. The number of carbonyl (C=O) groups is 1. The number of fused-ring (bicyclic) bond motifs is 1. The smallest absolute Gasteiger partial charge is 0.311 e. The van der Waals surface area contributed by atoms with E-state index in [-0.39, 0.29) is 12.4 Å². The van der Waals surface area contributed by atoms with E-state index in [1.165, 1.54) is 11.3 Å². The van der Waals surface area contributed by atoms with Crippen LogP contribution in [0.2, 0.25) is 0 Å². The SMILES string of the molecule is CCOC(=O)Cc1csc(/N=c2\cc(-c3ccccc3)oc3ccc(OC)cc23)n1. The van der Waals surface area contributed by atoms with E-state index in [4.69, 9.17) is 18.9 Å². The number of nitrogens with zero attached hydrogens (tertiary/aromatic N) is 2. The average molecular weight is 420 g/mol. The van der Waals surface area contributed by atoms with Crippen molar-refractivity contribution in [2.24, 2.45) is 4.99 Å². The van der Waals surface area contributed by atoms with E-state index in [0.717, 1.165) is 10.9 Å². The van der Waals surface area contributed by atoms with Crippen molar-refractivity contribution in [2.75, 3.05) is 13.7 Å². The molecule has 30 heavy (non-hydrogen) atoms. The lowest BCUT2D eigenvalue weighted by atomic mass is 10.1. The molecule has 0 radical (unpaired) electrons. The van der Waals surface area contributed by atoms with Gasteiger partial charge in [-0.25, -0.2) is 9.98 Å². The third kappa shape index (κ3) is 4.41. The zero-order valence-corrected chi connectivity index (χ0v) is 17.4. The molecule has 0 fully saturated rings. The van der Waals surface area contributed by atoms with Gasteiger partial charge in [0.05, 0.1) is 31.2 Å². The van der Waals surface area contributed by atoms with Crippen molar-refractivity contribution in [3.63, 3.8) is 0 Å². The van der Waals surface area contributed by atoms with Gasteiger partial charge in [0.15, 0.2) is 0 Å². The third-order valence-electron chi connectivity index (χ3n) is 4.40. The van der Waals surface area contributed by atoms with Gasteiger partial charge in [-0.3, -0.25) is 4.79 Å². The Morgan fingerprint density at radius 1 is 1.17 bits per heavy atom. The van der Waals surface area contributed by atoms with Gasteiger partial charge in [0, 0.05) is 22.4 Å². The first kappa shape index (κ1) is 19.8. The molecule has 0 unspecified atom stereocenters. The van der Waals surface area contributed by atoms with Gasteiger partial charge in [-0.15, -0.1) is 11.3 Å². The molecule has 0 atom stereocenters. The molecule has 0 saturated heterocycles. The summed E-state index contributed by atoms with van der Waals surface area (Å²) in [6, 6.07) is 17.4. The van der Waals surface area contributed by atoms with Crippen LogP contribution >= 0.6 is 11.3 Å². The lowest BCUT2D eigenvalue weighted by molar-refractivity contribution is -0.142. The van der Waals surface area contributed by atoms with Crippen LogP contribution in [0.25, 0.3) is 22.3 Å². The molecule has 0 saturated carbocycles. The van der Waals surface area contributed by atoms with Gasteiger partial charge in [-0.1, -0.05) is 30.3 Å². The molecule has 4 aromatic rings. The molecule has 0 aliphatic rings. The minimum absolute atomic E-state index is 0.133. The number of ether oxygens (including phenoxy) is 2. The minimum atomic E-state index is -0.297. The number of hydrogen-bond acceptors (Lipinski definition) is 7. The predicted molar refractivity (Wildman–Crippen MR) is 116 cm³/mol. The highest BCUT2D eigenvalue weighted by Crippen LogP contribution is 2.26. The van der Waals surface area contributed by atoms with E-state index < -0.39 is 0 Å². The molecule has 2 heterocycles. The summed E-state index contributed by atoms with van der Waals surface area (Å²) < 4.78 is 16.5. The normalized spacial score (nSPS) is 11.6. The second-order valence-corrected chi connectivity index (χ2v) is 7.28. The Kier molecular flexibility index (Phi) is 5.90. The van der Waals surface area contributed by atoms with Crippen molar-refractivity contribution < 1.29 is 18.7 Å². The molecule has 0 amide bonds. The van der Waals surface area contributed by atoms with Gasteiger partial charge >= 0.3 is 5.97 Å². The van der Waals surface area contributed by atoms with Crippen LogP contribution in [0.3, 0.4) is 0 Å². The molecular formula is C23H20N2O4S. The number of hydrogen-bond donors (Lipinski definition) is 0. The van der Waals surface area contributed by atoms with E-state index in [2.05, 4.69) is 4.98 Å². The molecule has 6 nitrogen and oxygen atoms in total. The van der Waals surface area contributed by atoms with Crippen LogP contribution < -0.4 is 10.1 Å². The van der Waals surface area contributed by atoms with E-state index >= 15 is 0 Å². The van der Waals surface area contributed by atoms with Gasteiger partial charge in [-0.05, 0) is 25.1 Å². The lowest BCUT2D eigenvalue weighted by Gasteiger charge is -2.06. The van der Waals surface area contributed by atoms with E-state index in [1.54, 1.807) is 14.0 Å². The summed E-state index contributed by atoms with van der Waals surface area (Å²) in [7, 11) is 1.62. The van der Waals surface area contributed by atoms with E-state index in [1.807, 2.05) is 60.0 Å². The molecule has 0 aliphatic heterocycles. The Bertz CT molecular complexity index is 1250. The van der Waals surface area contributed by atoms with Crippen LogP contribution in [0.5, 0.6) is 5.75 Å². The summed E-state index contributed by atoms with van der Waals surface area (Å²) in [5.74, 6) is 1.12. The predicted octanol–water partition coefficient (Wildman–Crippen LogP) is 4.90. The maximum atomic E-state index is 11.7.